The van der Waals surface area contributed by atoms with Gasteiger partial charge in [0.1, 0.15) is 0 Å². The molecule has 0 amide bonds. The van der Waals surface area contributed by atoms with Gasteiger partial charge in [0.2, 0.25) is 0 Å². The predicted molar refractivity (Wildman–Crippen MR) is 65.1 cm³/mol. The monoisotopic (exact) mass is 213 g/mol. The zero-order chi connectivity index (χ0) is 9.68. The zero-order valence-electron chi connectivity index (χ0n) is 9.21. The van der Waals surface area contributed by atoms with Crippen molar-refractivity contribution in [3.8, 4) is 0 Å². The lowest BCUT2D eigenvalue weighted by Gasteiger charge is -2.16. The van der Waals surface area contributed by atoms with E-state index < -0.39 is 0 Å². The van der Waals surface area contributed by atoms with Crippen LogP contribution in [0.4, 0.5) is 0 Å². The summed E-state index contributed by atoms with van der Waals surface area (Å²) in [4.78, 5) is 0. The van der Waals surface area contributed by atoms with Crippen molar-refractivity contribution in [2.45, 2.75) is 33.2 Å². The summed E-state index contributed by atoms with van der Waals surface area (Å²) in [6.45, 7) is 7.52. The first kappa shape index (κ1) is 13.5. The quantitative estimate of drug-likeness (QED) is 0.808. The summed E-state index contributed by atoms with van der Waals surface area (Å²) in [5.41, 5.74) is 2.73. The molecular weight excluding hydrogens is 194 g/mol. The second-order valence-corrected chi connectivity index (χ2v) is 3.43. The molecule has 1 nitrogen and oxygen atoms in total. The van der Waals surface area contributed by atoms with Crippen molar-refractivity contribution in [2.75, 3.05) is 6.54 Å². The van der Waals surface area contributed by atoms with Crippen LogP contribution >= 0.6 is 12.4 Å². The fraction of sp³-hybridized carbons (Fsp3) is 0.500. The Hall–Kier alpha value is -0.530. The maximum absolute atomic E-state index is 3.47. The lowest BCUT2D eigenvalue weighted by molar-refractivity contribution is 0.537. The molecule has 0 fully saturated rings. The summed E-state index contributed by atoms with van der Waals surface area (Å²) in [6.07, 6.45) is 1.15. The van der Waals surface area contributed by atoms with E-state index in [9.17, 15) is 0 Å². The number of rotatable bonds is 4. The fourth-order valence-corrected chi connectivity index (χ4v) is 1.54. The van der Waals surface area contributed by atoms with E-state index in [4.69, 9.17) is 0 Å². The third-order valence-corrected chi connectivity index (χ3v) is 2.34. The van der Waals surface area contributed by atoms with E-state index in [1.165, 1.54) is 11.1 Å². The molecule has 14 heavy (non-hydrogen) atoms. The highest BCUT2D eigenvalue weighted by atomic mass is 35.5. The van der Waals surface area contributed by atoms with Crippen LogP contribution < -0.4 is 5.32 Å². The molecule has 0 saturated carbocycles. The van der Waals surface area contributed by atoms with Gasteiger partial charge in [-0.1, -0.05) is 43.7 Å². The fourth-order valence-electron chi connectivity index (χ4n) is 1.54. The predicted octanol–water partition coefficient (Wildman–Crippen LogP) is 3.48. The summed E-state index contributed by atoms with van der Waals surface area (Å²) in [6, 6.07) is 9.30. The lowest BCUT2D eigenvalue weighted by atomic mass is 10.0. The van der Waals surface area contributed by atoms with Crippen LogP contribution in [0.1, 0.15) is 37.4 Å². The van der Waals surface area contributed by atoms with E-state index in [0.29, 0.717) is 6.04 Å². The highest BCUT2D eigenvalue weighted by molar-refractivity contribution is 5.85. The number of benzene rings is 1. The van der Waals surface area contributed by atoms with Crippen LogP contribution in [0.3, 0.4) is 0 Å². The first-order valence-corrected chi connectivity index (χ1v) is 5.07. The minimum absolute atomic E-state index is 0. The summed E-state index contributed by atoms with van der Waals surface area (Å²) in [5, 5.41) is 3.47. The van der Waals surface area contributed by atoms with Gasteiger partial charge in [0.15, 0.2) is 0 Å². The third-order valence-electron chi connectivity index (χ3n) is 2.34. The van der Waals surface area contributed by atoms with E-state index in [1.807, 2.05) is 0 Å². The minimum Gasteiger partial charge on any atom is -0.310 e. The molecule has 0 bridgehead atoms. The van der Waals surface area contributed by atoms with Gasteiger partial charge in [0.05, 0.1) is 0 Å². The van der Waals surface area contributed by atoms with Gasteiger partial charge in [0.25, 0.3) is 0 Å². The van der Waals surface area contributed by atoms with Crippen molar-refractivity contribution in [1.29, 1.82) is 0 Å². The van der Waals surface area contributed by atoms with Gasteiger partial charge in [-0.3, -0.25) is 0 Å². The molecule has 0 aliphatic carbocycles. The Morgan fingerprint density at radius 1 is 1.14 bits per heavy atom. The Kier molecular flexibility index (Phi) is 6.60. The molecule has 1 rings (SSSR count). The zero-order valence-corrected chi connectivity index (χ0v) is 10.0. The van der Waals surface area contributed by atoms with Crippen molar-refractivity contribution in [3.05, 3.63) is 35.4 Å². The smallest absolute Gasteiger partial charge is 0.0317 e. The number of aryl methyl sites for hydroxylation is 1. The Morgan fingerprint density at radius 2 is 1.71 bits per heavy atom. The van der Waals surface area contributed by atoms with Crippen LogP contribution in [-0.4, -0.2) is 6.54 Å². The first-order chi connectivity index (χ1) is 6.27. The molecule has 1 aromatic carbocycles. The van der Waals surface area contributed by atoms with Crippen LogP contribution in [0, 0.1) is 6.92 Å². The Bertz CT molecular complexity index is 243. The van der Waals surface area contributed by atoms with E-state index in [1.54, 1.807) is 0 Å². The Balaban J connectivity index is 0.00000169. The van der Waals surface area contributed by atoms with Crippen molar-refractivity contribution in [3.63, 3.8) is 0 Å². The minimum atomic E-state index is 0. The average molecular weight is 214 g/mol. The highest BCUT2D eigenvalue weighted by Crippen LogP contribution is 2.16. The number of hydrogen-bond acceptors (Lipinski definition) is 1. The molecule has 1 aromatic rings. The highest BCUT2D eigenvalue weighted by Gasteiger charge is 2.05. The van der Waals surface area contributed by atoms with Crippen LogP contribution in [0.2, 0.25) is 0 Å². The summed E-state index contributed by atoms with van der Waals surface area (Å²) in [5.74, 6) is 0. The van der Waals surface area contributed by atoms with Crippen molar-refractivity contribution in [2.24, 2.45) is 0 Å². The van der Waals surface area contributed by atoms with E-state index in [-0.39, 0.29) is 12.4 Å². The third kappa shape index (κ3) is 3.69. The van der Waals surface area contributed by atoms with Gasteiger partial charge < -0.3 is 5.32 Å². The van der Waals surface area contributed by atoms with E-state index >= 15 is 0 Å². The molecule has 80 valence electrons. The van der Waals surface area contributed by atoms with Gasteiger partial charge in [0, 0.05) is 6.04 Å². The molecule has 1 N–H and O–H groups in total. The normalized spacial score (nSPS) is 11.9. The SMILES string of the molecule is CCNC(CC)c1ccc(C)cc1.Cl. The second kappa shape index (κ2) is 6.86. The molecule has 1 unspecified atom stereocenters. The van der Waals surface area contributed by atoms with Crippen LogP contribution in [-0.2, 0) is 0 Å². The van der Waals surface area contributed by atoms with Gasteiger partial charge >= 0.3 is 0 Å². The molecule has 0 spiro atoms. The summed E-state index contributed by atoms with van der Waals surface area (Å²) >= 11 is 0. The molecule has 0 heterocycles. The second-order valence-electron chi connectivity index (χ2n) is 3.43. The van der Waals surface area contributed by atoms with Crippen LogP contribution in [0.15, 0.2) is 24.3 Å². The molecule has 0 aromatic heterocycles. The molecule has 0 aliphatic rings. The van der Waals surface area contributed by atoms with Crippen molar-refractivity contribution in [1.82, 2.24) is 5.32 Å². The van der Waals surface area contributed by atoms with Crippen LogP contribution in [0.5, 0.6) is 0 Å². The maximum atomic E-state index is 3.47. The number of halogens is 1. The molecular formula is C12H20ClN. The van der Waals surface area contributed by atoms with Crippen molar-refractivity contribution >= 4 is 12.4 Å². The topological polar surface area (TPSA) is 12.0 Å². The van der Waals surface area contributed by atoms with Gasteiger partial charge in [-0.05, 0) is 25.5 Å². The Labute approximate surface area is 93.3 Å². The van der Waals surface area contributed by atoms with Crippen LogP contribution in [0.25, 0.3) is 0 Å². The number of nitrogens with one attached hydrogen (secondary N) is 1. The largest absolute Gasteiger partial charge is 0.310 e. The number of hydrogen-bond donors (Lipinski definition) is 1. The van der Waals surface area contributed by atoms with Gasteiger partial charge in [-0.15, -0.1) is 12.4 Å². The van der Waals surface area contributed by atoms with E-state index in [2.05, 4.69) is 50.4 Å². The lowest BCUT2D eigenvalue weighted by Crippen LogP contribution is -2.19. The molecule has 0 saturated heterocycles. The average Bonchev–Trinajstić information content (AvgIpc) is 2.16. The molecule has 0 radical (unpaired) electrons. The molecule has 0 aliphatic heterocycles. The van der Waals surface area contributed by atoms with Crippen molar-refractivity contribution < 1.29 is 0 Å². The summed E-state index contributed by atoms with van der Waals surface area (Å²) < 4.78 is 0. The maximum Gasteiger partial charge on any atom is 0.0317 e. The van der Waals surface area contributed by atoms with E-state index in [0.717, 1.165) is 13.0 Å². The molecule has 2 heteroatoms. The Morgan fingerprint density at radius 3 is 2.14 bits per heavy atom. The first-order valence-electron chi connectivity index (χ1n) is 5.07. The van der Waals surface area contributed by atoms with Gasteiger partial charge in [-0.2, -0.15) is 0 Å². The summed E-state index contributed by atoms with van der Waals surface area (Å²) in [7, 11) is 0. The molecule has 1 atom stereocenters. The standard InChI is InChI=1S/C12H19N.ClH/c1-4-12(13-5-2)11-8-6-10(3)7-9-11;/h6-9,12-13H,4-5H2,1-3H3;1H. The van der Waals surface area contributed by atoms with Gasteiger partial charge in [-0.25, -0.2) is 0 Å².